The average molecular weight is 273 g/mol. The predicted octanol–water partition coefficient (Wildman–Crippen LogP) is 1.84. The van der Waals surface area contributed by atoms with Crippen molar-refractivity contribution in [2.75, 3.05) is 7.05 Å². The lowest BCUT2D eigenvalue weighted by molar-refractivity contribution is -0.142. The molecule has 0 bridgehead atoms. The Kier molecular flexibility index (Phi) is 4.53. The van der Waals surface area contributed by atoms with Crippen molar-refractivity contribution >= 4 is 5.97 Å². The van der Waals surface area contributed by atoms with Gasteiger partial charge in [0.2, 0.25) is 0 Å². The fourth-order valence-electron chi connectivity index (χ4n) is 1.96. The van der Waals surface area contributed by atoms with E-state index in [0.29, 0.717) is 6.54 Å². The van der Waals surface area contributed by atoms with Crippen LogP contribution in [0.3, 0.4) is 0 Å². The van der Waals surface area contributed by atoms with E-state index in [-0.39, 0.29) is 0 Å². The second kappa shape index (κ2) is 6.34. The molecule has 0 aliphatic heterocycles. The minimum absolute atomic E-state index is 0.507. The Morgan fingerprint density at radius 1 is 1.35 bits per heavy atom. The quantitative estimate of drug-likeness (QED) is 0.872. The first kappa shape index (κ1) is 14.3. The van der Waals surface area contributed by atoms with Gasteiger partial charge < -0.3 is 5.11 Å². The third-order valence-electron chi connectivity index (χ3n) is 3.32. The first-order chi connectivity index (χ1) is 9.56. The van der Waals surface area contributed by atoms with Crippen molar-refractivity contribution in [2.45, 2.75) is 26.1 Å². The summed E-state index contributed by atoms with van der Waals surface area (Å²) in [7, 11) is 1.80. The van der Waals surface area contributed by atoms with Crippen LogP contribution in [0.2, 0.25) is 0 Å². The minimum atomic E-state index is -0.816. The van der Waals surface area contributed by atoms with Crippen molar-refractivity contribution in [1.82, 2.24) is 14.7 Å². The zero-order valence-electron chi connectivity index (χ0n) is 11.7. The molecule has 5 nitrogen and oxygen atoms in total. The van der Waals surface area contributed by atoms with Crippen LogP contribution in [0.5, 0.6) is 0 Å². The van der Waals surface area contributed by atoms with Gasteiger partial charge in [-0.1, -0.05) is 30.3 Å². The highest BCUT2D eigenvalue weighted by molar-refractivity contribution is 5.72. The van der Waals surface area contributed by atoms with E-state index in [9.17, 15) is 4.79 Å². The van der Waals surface area contributed by atoms with E-state index in [0.717, 1.165) is 12.1 Å². The lowest BCUT2D eigenvalue weighted by Crippen LogP contribution is -2.35. The summed E-state index contributed by atoms with van der Waals surface area (Å²) < 4.78 is 1.87. The number of aliphatic carboxylic acids is 1. The molecule has 2 rings (SSSR count). The summed E-state index contributed by atoms with van der Waals surface area (Å²) in [5, 5.41) is 13.3. The van der Waals surface area contributed by atoms with Gasteiger partial charge in [-0.2, -0.15) is 5.10 Å². The number of hydrogen-bond acceptors (Lipinski definition) is 3. The van der Waals surface area contributed by atoms with Gasteiger partial charge in [0.1, 0.15) is 6.04 Å². The van der Waals surface area contributed by atoms with Crippen LogP contribution in [0.1, 0.15) is 18.1 Å². The van der Waals surface area contributed by atoms with Gasteiger partial charge in [0.05, 0.1) is 12.7 Å². The van der Waals surface area contributed by atoms with Crippen molar-refractivity contribution < 1.29 is 9.90 Å². The molecule has 1 unspecified atom stereocenters. The van der Waals surface area contributed by atoms with Gasteiger partial charge in [0, 0.05) is 18.3 Å². The summed E-state index contributed by atoms with van der Waals surface area (Å²) in [5.41, 5.74) is 2.20. The fourth-order valence-corrected chi connectivity index (χ4v) is 1.96. The van der Waals surface area contributed by atoms with Crippen LogP contribution in [0, 0.1) is 0 Å². The molecule has 1 heterocycles. The van der Waals surface area contributed by atoms with Crippen molar-refractivity contribution in [3.8, 4) is 0 Å². The van der Waals surface area contributed by atoms with Gasteiger partial charge in [-0.15, -0.1) is 0 Å². The van der Waals surface area contributed by atoms with E-state index < -0.39 is 12.0 Å². The summed E-state index contributed by atoms with van der Waals surface area (Å²) in [4.78, 5) is 12.7. The highest BCUT2D eigenvalue weighted by atomic mass is 16.4. The smallest absolute Gasteiger partial charge is 0.320 e. The van der Waals surface area contributed by atoms with Crippen LogP contribution in [0.25, 0.3) is 0 Å². The molecule has 0 amide bonds. The number of aromatic nitrogens is 2. The molecule has 1 N–H and O–H groups in total. The molecule has 0 saturated heterocycles. The van der Waals surface area contributed by atoms with Gasteiger partial charge in [0.25, 0.3) is 0 Å². The fraction of sp³-hybridized carbons (Fsp3) is 0.333. The van der Waals surface area contributed by atoms with Crippen LogP contribution < -0.4 is 0 Å². The normalized spacial score (nSPS) is 12.6. The SMILES string of the molecule is CC(C(=O)O)N(C)Cc1cnn(Cc2ccccc2)c1. The van der Waals surface area contributed by atoms with Gasteiger partial charge in [-0.05, 0) is 19.5 Å². The third kappa shape index (κ3) is 3.68. The zero-order chi connectivity index (χ0) is 14.5. The lowest BCUT2D eigenvalue weighted by Gasteiger charge is -2.19. The summed E-state index contributed by atoms with van der Waals surface area (Å²) in [6.07, 6.45) is 3.74. The Morgan fingerprint density at radius 2 is 2.05 bits per heavy atom. The topological polar surface area (TPSA) is 58.4 Å². The van der Waals surface area contributed by atoms with Crippen molar-refractivity contribution in [2.24, 2.45) is 0 Å². The maximum absolute atomic E-state index is 10.9. The molecule has 0 saturated carbocycles. The van der Waals surface area contributed by atoms with Gasteiger partial charge >= 0.3 is 5.97 Å². The van der Waals surface area contributed by atoms with E-state index in [1.165, 1.54) is 5.56 Å². The number of hydrogen-bond donors (Lipinski definition) is 1. The number of likely N-dealkylation sites (N-methyl/N-ethyl adjacent to an activating group) is 1. The Hall–Kier alpha value is -2.14. The van der Waals surface area contributed by atoms with Crippen LogP contribution in [0.4, 0.5) is 0 Å². The Balaban J connectivity index is 1.97. The number of benzene rings is 1. The molecular formula is C15H19N3O2. The minimum Gasteiger partial charge on any atom is -0.480 e. The maximum atomic E-state index is 10.9. The van der Waals surface area contributed by atoms with E-state index in [1.54, 1.807) is 25.1 Å². The van der Waals surface area contributed by atoms with E-state index in [4.69, 9.17) is 5.11 Å². The predicted molar refractivity (Wildman–Crippen MR) is 76.3 cm³/mol. The summed E-state index contributed by atoms with van der Waals surface area (Å²) in [5.74, 6) is -0.816. The average Bonchev–Trinajstić information content (AvgIpc) is 2.86. The Morgan fingerprint density at radius 3 is 2.70 bits per heavy atom. The first-order valence-electron chi connectivity index (χ1n) is 6.54. The van der Waals surface area contributed by atoms with E-state index in [1.807, 2.05) is 29.1 Å². The maximum Gasteiger partial charge on any atom is 0.320 e. The van der Waals surface area contributed by atoms with Crippen molar-refractivity contribution in [3.05, 3.63) is 53.9 Å². The molecule has 2 aromatic rings. The monoisotopic (exact) mass is 273 g/mol. The third-order valence-corrected chi connectivity index (χ3v) is 3.32. The number of carboxylic acid groups (broad SMARTS) is 1. The van der Waals surface area contributed by atoms with Crippen LogP contribution in [-0.2, 0) is 17.9 Å². The molecule has 20 heavy (non-hydrogen) atoms. The first-order valence-corrected chi connectivity index (χ1v) is 6.54. The molecule has 1 aromatic heterocycles. The summed E-state index contributed by atoms with van der Waals surface area (Å²) in [6, 6.07) is 9.59. The van der Waals surface area contributed by atoms with Gasteiger partial charge in [-0.3, -0.25) is 14.4 Å². The molecule has 5 heteroatoms. The number of rotatable bonds is 6. The van der Waals surface area contributed by atoms with Gasteiger partial charge in [-0.25, -0.2) is 0 Å². The van der Waals surface area contributed by atoms with Crippen LogP contribution in [0.15, 0.2) is 42.7 Å². The molecule has 0 spiro atoms. The summed E-state index contributed by atoms with van der Waals surface area (Å²) in [6.45, 7) is 2.97. The number of carboxylic acids is 1. The van der Waals surface area contributed by atoms with E-state index >= 15 is 0 Å². The van der Waals surface area contributed by atoms with Crippen LogP contribution in [-0.4, -0.2) is 38.8 Å². The molecule has 0 aliphatic rings. The Bertz CT molecular complexity index is 566. The Labute approximate surface area is 118 Å². The molecule has 0 aliphatic carbocycles. The lowest BCUT2D eigenvalue weighted by atomic mass is 10.2. The molecule has 106 valence electrons. The molecule has 1 aromatic carbocycles. The largest absolute Gasteiger partial charge is 0.480 e. The molecule has 1 atom stereocenters. The summed E-state index contributed by atoms with van der Waals surface area (Å²) >= 11 is 0. The van der Waals surface area contributed by atoms with Gasteiger partial charge in [0.15, 0.2) is 0 Å². The number of nitrogens with zero attached hydrogens (tertiary/aromatic N) is 3. The van der Waals surface area contributed by atoms with E-state index in [2.05, 4.69) is 17.2 Å². The second-order valence-corrected chi connectivity index (χ2v) is 4.96. The standard InChI is InChI=1S/C15H19N3O2/c1-12(15(19)20)17(2)9-14-8-16-18(11-14)10-13-6-4-3-5-7-13/h3-8,11-12H,9-10H2,1-2H3,(H,19,20). The highest BCUT2D eigenvalue weighted by Gasteiger charge is 2.17. The van der Waals surface area contributed by atoms with Crippen LogP contribution >= 0.6 is 0 Å². The van der Waals surface area contributed by atoms with Crippen molar-refractivity contribution in [3.63, 3.8) is 0 Å². The molecular weight excluding hydrogens is 254 g/mol. The second-order valence-electron chi connectivity index (χ2n) is 4.96. The number of carbonyl (C=O) groups is 1. The molecule has 0 fully saturated rings. The zero-order valence-corrected chi connectivity index (χ0v) is 11.7. The highest BCUT2D eigenvalue weighted by Crippen LogP contribution is 2.08. The van der Waals surface area contributed by atoms with Crippen molar-refractivity contribution in [1.29, 1.82) is 0 Å². The molecule has 0 radical (unpaired) electrons.